The second-order valence-corrected chi connectivity index (χ2v) is 11.6. The van der Waals surface area contributed by atoms with Crippen molar-refractivity contribution in [3.05, 3.63) is 65.3 Å². The lowest BCUT2D eigenvalue weighted by Crippen LogP contribution is -2.48. The quantitative estimate of drug-likeness (QED) is 0.218. The number of ether oxygens (including phenoxy) is 3. The van der Waals surface area contributed by atoms with E-state index in [1.165, 1.54) is 0 Å². The van der Waals surface area contributed by atoms with Crippen LogP contribution in [-0.4, -0.2) is 85.2 Å². The summed E-state index contributed by atoms with van der Waals surface area (Å²) in [5, 5.41) is 5.72. The van der Waals surface area contributed by atoms with E-state index in [-0.39, 0.29) is 31.4 Å². The van der Waals surface area contributed by atoms with E-state index >= 15 is 0 Å². The molecule has 42 heavy (non-hydrogen) atoms. The molecule has 7 nitrogen and oxygen atoms in total. The van der Waals surface area contributed by atoms with Crippen LogP contribution >= 0.6 is 0 Å². The van der Waals surface area contributed by atoms with Gasteiger partial charge in [-0.25, -0.2) is 13.5 Å². The van der Waals surface area contributed by atoms with E-state index in [0.29, 0.717) is 36.7 Å². The van der Waals surface area contributed by atoms with Crippen molar-refractivity contribution >= 4 is 10.9 Å². The Morgan fingerprint density at radius 2 is 2.07 bits per heavy atom. The maximum absolute atomic E-state index is 13.9. The predicted molar refractivity (Wildman–Crippen MR) is 157 cm³/mol. The molecule has 230 valence electrons. The normalized spacial score (nSPS) is 24.6. The molecule has 2 saturated heterocycles. The summed E-state index contributed by atoms with van der Waals surface area (Å²) in [7, 11) is 1.56. The highest BCUT2D eigenvalue weighted by molar-refractivity contribution is 5.84. The highest BCUT2D eigenvalue weighted by Gasteiger charge is 2.38. The van der Waals surface area contributed by atoms with Gasteiger partial charge in [-0.3, -0.25) is 14.2 Å². The minimum absolute atomic E-state index is 0.0927. The number of rotatable bonds is 12. The Labute approximate surface area is 246 Å². The maximum Gasteiger partial charge on any atom is 0.251 e. The van der Waals surface area contributed by atoms with Gasteiger partial charge in [0.15, 0.2) is 6.23 Å². The van der Waals surface area contributed by atoms with Crippen molar-refractivity contribution in [2.45, 2.75) is 64.3 Å². The topological polar surface area (TPSA) is 52.0 Å². The Balaban J connectivity index is 1.42. The molecule has 0 N–H and O–H groups in total. The van der Waals surface area contributed by atoms with Crippen molar-refractivity contribution in [2.24, 2.45) is 5.92 Å². The molecule has 0 amide bonds. The van der Waals surface area contributed by atoms with Crippen LogP contribution < -0.4 is 0 Å². The number of likely N-dealkylation sites (tertiary alicyclic amines) is 1. The second kappa shape index (κ2) is 13.7. The summed E-state index contributed by atoms with van der Waals surface area (Å²) in [6.07, 6.45) is 6.60. The van der Waals surface area contributed by atoms with Gasteiger partial charge >= 0.3 is 0 Å². The minimum Gasteiger partial charge on any atom is -0.496 e. The third-order valence-corrected chi connectivity index (χ3v) is 8.75. The fraction of sp³-hybridized carbons (Fsp3) is 0.594. The lowest BCUT2D eigenvalue weighted by atomic mass is 9.83. The van der Waals surface area contributed by atoms with Gasteiger partial charge in [0.05, 0.1) is 38.1 Å². The summed E-state index contributed by atoms with van der Waals surface area (Å²) in [6, 6.07) is 3.38. The van der Waals surface area contributed by atoms with Gasteiger partial charge in [-0.1, -0.05) is 12.6 Å². The van der Waals surface area contributed by atoms with Crippen LogP contribution in [0.4, 0.5) is 13.2 Å². The molecule has 3 atom stereocenters. The predicted octanol–water partition coefficient (Wildman–Crippen LogP) is 6.20. The van der Waals surface area contributed by atoms with Crippen molar-refractivity contribution < 1.29 is 27.4 Å². The van der Waals surface area contributed by atoms with Crippen molar-refractivity contribution in [2.75, 3.05) is 53.2 Å². The zero-order valence-corrected chi connectivity index (χ0v) is 24.9. The lowest BCUT2D eigenvalue weighted by Gasteiger charge is -2.43. The van der Waals surface area contributed by atoms with Crippen molar-refractivity contribution in [3.8, 4) is 0 Å². The molecule has 1 aromatic carbocycles. The first kappa shape index (κ1) is 30.6. The fourth-order valence-electron chi connectivity index (χ4n) is 6.51. The number of fused-ring (bicyclic) bond motifs is 3. The van der Waals surface area contributed by atoms with E-state index < -0.39 is 12.5 Å². The summed E-state index contributed by atoms with van der Waals surface area (Å²) in [4.78, 5) is 3.98. The second-order valence-electron chi connectivity index (χ2n) is 11.6. The van der Waals surface area contributed by atoms with Gasteiger partial charge in [0, 0.05) is 55.2 Å². The van der Waals surface area contributed by atoms with Crippen LogP contribution in [0.25, 0.3) is 10.9 Å². The summed E-state index contributed by atoms with van der Waals surface area (Å²) in [5.41, 5.74) is 3.61. The maximum atomic E-state index is 13.9. The standard InChI is InChI=1S/C32H43F3N4O3/c1-5-24(41-13-11-37-18-23(16-33)19-37)15-29(40-4)22(3)32-25-9-10-28-27(17-36-39(28)31-8-6-7-12-42-31)26(25)14-21(2)38(32)20-30(34)35/h5,9-10,15,17,21,23,30-32H,3,6-8,11-14,16,18-20H2,1-2,4H3/b24-5+,29-15+/t21-,31?,32-/m1/s1. The van der Waals surface area contributed by atoms with Crippen LogP contribution in [0.3, 0.4) is 0 Å². The number of nitrogens with zero attached hydrogens (tertiary/aromatic N) is 4. The zero-order valence-electron chi connectivity index (χ0n) is 24.9. The highest BCUT2D eigenvalue weighted by Crippen LogP contribution is 2.43. The van der Waals surface area contributed by atoms with E-state index in [0.717, 1.165) is 61.0 Å². The monoisotopic (exact) mass is 588 g/mol. The molecule has 10 heteroatoms. The van der Waals surface area contributed by atoms with E-state index in [9.17, 15) is 13.2 Å². The molecule has 1 unspecified atom stereocenters. The van der Waals surface area contributed by atoms with Gasteiger partial charge in [0.25, 0.3) is 6.43 Å². The molecule has 5 rings (SSSR count). The molecule has 1 aromatic heterocycles. The van der Waals surface area contributed by atoms with Gasteiger partial charge in [0.1, 0.15) is 18.1 Å². The Hall–Kier alpha value is -2.82. The lowest BCUT2D eigenvalue weighted by molar-refractivity contribution is -0.0366. The molecule has 0 radical (unpaired) electrons. The molecule has 0 aliphatic carbocycles. The molecule has 2 aromatic rings. The molecule has 3 aliphatic rings. The first-order valence-corrected chi connectivity index (χ1v) is 15.0. The summed E-state index contributed by atoms with van der Waals surface area (Å²) in [5.74, 6) is 1.20. The average molecular weight is 589 g/mol. The molecule has 0 spiro atoms. The third kappa shape index (κ3) is 6.40. The molecular weight excluding hydrogens is 545 g/mol. The Kier molecular flexibility index (Phi) is 9.96. The number of hydrogen-bond acceptors (Lipinski definition) is 6. The summed E-state index contributed by atoms with van der Waals surface area (Å²) >= 11 is 0. The van der Waals surface area contributed by atoms with Crippen LogP contribution in [0.15, 0.2) is 54.2 Å². The number of halogens is 3. The summed E-state index contributed by atoms with van der Waals surface area (Å²) in [6.45, 7) is 11.0. The van der Waals surface area contributed by atoms with Crippen LogP contribution in [0.2, 0.25) is 0 Å². The molecule has 0 saturated carbocycles. The molecule has 2 fully saturated rings. The van der Waals surface area contributed by atoms with Crippen LogP contribution in [-0.2, 0) is 20.6 Å². The molecule has 0 bridgehead atoms. The molecule has 4 heterocycles. The van der Waals surface area contributed by atoms with Crippen molar-refractivity contribution in [1.29, 1.82) is 0 Å². The fourth-order valence-corrected chi connectivity index (χ4v) is 6.51. The SMILES string of the molecule is C=C(/C(=C\C(=C/C)OCCN1CC(CF)C1)OC)[C@@H]1c2ccc3c(cnn3C3CCCCO3)c2C[C@@H](C)N1CC(F)F. The van der Waals surface area contributed by atoms with E-state index in [1.807, 2.05) is 47.8 Å². The average Bonchev–Trinajstić information content (AvgIpc) is 3.41. The minimum atomic E-state index is -2.50. The first-order chi connectivity index (χ1) is 20.3. The van der Waals surface area contributed by atoms with Gasteiger partial charge in [0.2, 0.25) is 0 Å². The van der Waals surface area contributed by atoms with Crippen LogP contribution in [0, 0.1) is 5.92 Å². The zero-order chi connectivity index (χ0) is 29.8. The Bertz CT molecular complexity index is 1300. The van der Waals surface area contributed by atoms with Crippen LogP contribution in [0.5, 0.6) is 0 Å². The first-order valence-electron chi connectivity index (χ1n) is 15.0. The van der Waals surface area contributed by atoms with E-state index in [1.54, 1.807) is 13.2 Å². The number of methoxy groups -OCH3 is 1. The highest BCUT2D eigenvalue weighted by atomic mass is 19.3. The number of aromatic nitrogens is 2. The molecular formula is C32H43F3N4O3. The van der Waals surface area contributed by atoms with Gasteiger partial charge in [-0.2, -0.15) is 5.10 Å². The van der Waals surface area contributed by atoms with Gasteiger partial charge < -0.3 is 14.2 Å². The van der Waals surface area contributed by atoms with E-state index in [4.69, 9.17) is 19.3 Å². The smallest absolute Gasteiger partial charge is 0.251 e. The van der Waals surface area contributed by atoms with Crippen molar-refractivity contribution in [1.82, 2.24) is 19.6 Å². The largest absolute Gasteiger partial charge is 0.496 e. The number of allylic oxidation sites excluding steroid dienone is 2. The Morgan fingerprint density at radius 1 is 1.26 bits per heavy atom. The van der Waals surface area contributed by atoms with E-state index in [2.05, 4.69) is 11.5 Å². The Morgan fingerprint density at radius 3 is 2.74 bits per heavy atom. The van der Waals surface area contributed by atoms with Crippen molar-refractivity contribution in [3.63, 3.8) is 0 Å². The number of alkyl halides is 3. The van der Waals surface area contributed by atoms with Gasteiger partial charge in [-0.15, -0.1) is 0 Å². The van der Waals surface area contributed by atoms with Crippen LogP contribution in [0.1, 0.15) is 56.5 Å². The molecule has 3 aliphatic heterocycles. The number of benzene rings is 1. The summed E-state index contributed by atoms with van der Waals surface area (Å²) < 4.78 is 60.3. The number of hydrogen-bond donors (Lipinski definition) is 0. The van der Waals surface area contributed by atoms with Gasteiger partial charge in [-0.05, 0) is 62.8 Å². The third-order valence-electron chi connectivity index (χ3n) is 8.75.